The molecule has 180 valence electrons. The normalized spacial score (nSPS) is 19.9. The van der Waals surface area contributed by atoms with Crippen LogP contribution in [0.5, 0.6) is 17.2 Å². The number of nitrogens with one attached hydrogen (secondary N) is 1. The monoisotopic (exact) mass is 472 g/mol. The van der Waals surface area contributed by atoms with Gasteiger partial charge in [0.25, 0.3) is 0 Å². The fraction of sp³-hybridized carbons (Fsp3) is 0.286. The summed E-state index contributed by atoms with van der Waals surface area (Å²) in [5.41, 5.74) is 1.27. The van der Waals surface area contributed by atoms with E-state index in [1.165, 1.54) is 0 Å². The number of anilines is 1. The van der Waals surface area contributed by atoms with Crippen molar-refractivity contribution < 1.29 is 23.8 Å². The van der Waals surface area contributed by atoms with E-state index in [1.807, 2.05) is 78.9 Å². The SMILES string of the molecule is COc1ccccc1OCCNC(=O)CN1C(=O)[C@@]2(COc3ccccc3)C[C@H]2c2ccccc21. The largest absolute Gasteiger partial charge is 0.493 e. The third kappa shape index (κ3) is 4.54. The van der Waals surface area contributed by atoms with E-state index in [0.717, 1.165) is 23.4 Å². The van der Waals surface area contributed by atoms with Crippen LogP contribution in [0.25, 0.3) is 0 Å². The molecule has 3 aromatic rings. The van der Waals surface area contributed by atoms with Crippen molar-refractivity contribution in [2.45, 2.75) is 12.3 Å². The van der Waals surface area contributed by atoms with E-state index in [-0.39, 0.29) is 30.9 Å². The van der Waals surface area contributed by atoms with Gasteiger partial charge in [-0.25, -0.2) is 0 Å². The number of ether oxygens (including phenoxy) is 3. The molecule has 7 heteroatoms. The minimum Gasteiger partial charge on any atom is -0.493 e. The summed E-state index contributed by atoms with van der Waals surface area (Å²) in [6.45, 7) is 0.836. The molecule has 1 N–H and O–H groups in total. The number of hydrogen-bond acceptors (Lipinski definition) is 5. The molecular formula is C28H28N2O5. The molecule has 1 aliphatic carbocycles. The van der Waals surface area contributed by atoms with Crippen molar-refractivity contribution in [2.24, 2.45) is 5.41 Å². The van der Waals surface area contributed by atoms with Crippen molar-refractivity contribution in [1.82, 2.24) is 5.32 Å². The van der Waals surface area contributed by atoms with E-state index in [0.29, 0.717) is 24.7 Å². The van der Waals surface area contributed by atoms with E-state index >= 15 is 0 Å². The fourth-order valence-electron chi connectivity index (χ4n) is 4.75. The van der Waals surface area contributed by atoms with E-state index < -0.39 is 5.41 Å². The van der Waals surface area contributed by atoms with Crippen LogP contribution in [0.4, 0.5) is 5.69 Å². The first-order chi connectivity index (χ1) is 17.1. The summed E-state index contributed by atoms with van der Waals surface area (Å²) in [6.07, 6.45) is 0.723. The number of carbonyl (C=O) groups excluding carboxylic acids is 2. The molecule has 1 fully saturated rings. The summed E-state index contributed by atoms with van der Waals surface area (Å²) >= 11 is 0. The summed E-state index contributed by atoms with van der Waals surface area (Å²) in [5.74, 6) is 1.80. The van der Waals surface area contributed by atoms with Crippen LogP contribution in [-0.4, -0.2) is 45.2 Å². The first kappa shape index (κ1) is 22.8. The lowest BCUT2D eigenvalue weighted by atomic mass is 9.92. The molecule has 0 spiro atoms. The Morgan fingerprint density at radius 2 is 1.69 bits per heavy atom. The van der Waals surface area contributed by atoms with Crippen LogP contribution < -0.4 is 24.4 Å². The van der Waals surface area contributed by atoms with Gasteiger partial charge in [-0.3, -0.25) is 9.59 Å². The van der Waals surface area contributed by atoms with Crippen LogP contribution in [0.2, 0.25) is 0 Å². The Bertz CT molecular complexity index is 1210. The highest BCUT2D eigenvalue weighted by atomic mass is 16.5. The van der Waals surface area contributed by atoms with Gasteiger partial charge < -0.3 is 24.4 Å². The Morgan fingerprint density at radius 3 is 2.49 bits per heavy atom. The zero-order valence-electron chi connectivity index (χ0n) is 19.6. The van der Waals surface area contributed by atoms with Crippen LogP contribution in [0, 0.1) is 5.41 Å². The van der Waals surface area contributed by atoms with Gasteiger partial charge in [0, 0.05) is 11.6 Å². The van der Waals surface area contributed by atoms with Crippen LogP contribution in [0.1, 0.15) is 17.9 Å². The van der Waals surface area contributed by atoms with Gasteiger partial charge in [-0.05, 0) is 42.3 Å². The number of hydrogen-bond donors (Lipinski definition) is 1. The summed E-state index contributed by atoms with van der Waals surface area (Å²) in [6, 6.07) is 24.7. The summed E-state index contributed by atoms with van der Waals surface area (Å²) < 4.78 is 17.0. The van der Waals surface area contributed by atoms with E-state index in [9.17, 15) is 9.59 Å². The van der Waals surface area contributed by atoms with E-state index in [1.54, 1.807) is 12.0 Å². The molecule has 0 bridgehead atoms. The first-order valence-electron chi connectivity index (χ1n) is 11.7. The molecule has 0 saturated heterocycles. The average molecular weight is 473 g/mol. The summed E-state index contributed by atoms with van der Waals surface area (Å²) in [5, 5.41) is 2.86. The Labute approximate surface area is 204 Å². The first-order valence-corrected chi connectivity index (χ1v) is 11.7. The van der Waals surface area contributed by atoms with E-state index in [2.05, 4.69) is 5.32 Å². The minimum absolute atomic E-state index is 0.0513. The Kier molecular flexibility index (Phi) is 6.31. The lowest BCUT2D eigenvalue weighted by molar-refractivity contribution is -0.128. The third-order valence-electron chi connectivity index (χ3n) is 6.64. The fourth-order valence-corrected chi connectivity index (χ4v) is 4.75. The highest BCUT2D eigenvalue weighted by Gasteiger charge is 2.66. The lowest BCUT2D eigenvalue weighted by Gasteiger charge is -2.33. The zero-order valence-corrected chi connectivity index (χ0v) is 19.6. The average Bonchev–Trinajstić information content (AvgIpc) is 3.65. The molecule has 0 unspecified atom stereocenters. The van der Waals surface area contributed by atoms with Crippen molar-refractivity contribution in [1.29, 1.82) is 0 Å². The molecule has 5 rings (SSSR count). The predicted octanol–water partition coefficient (Wildman–Crippen LogP) is 3.79. The number of carbonyl (C=O) groups is 2. The molecule has 2 aliphatic rings. The molecule has 3 aromatic carbocycles. The second kappa shape index (κ2) is 9.70. The molecule has 1 aliphatic heterocycles. The molecular weight excluding hydrogens is 444 g/mol. The minimum atomic E-state index is -0.628. The maximum absolute atomic E-state index is 13.6. The van der Waals surface area contributed by atoms with Crippen LogP contribution in [-0.2, 0) is 9.59 Å². The number of benzene rings is 3. The van der Waals surface area contributed by atoms with Gasteiger partial charge in [-0.1, -0.05) is 48.5 Å². The molecule has 2 atom stereocenters. The second-order valence-corrected chi connectivity index (χ2v) is 8.81. The maximum atomic E-state index is 13.6. The van der Waals surface area contributed by atoms with Gasteiger partial charge in [0.15, 0.2) is 11.5 Å². The molecule has 0 aromatic heterocycles. The highest BCUT2D eigenvalue weighted by molar-refractivity contribution is 6.07. The summed E-state index contributed by atoms with van der Waals surface area (Å²) in [4.78, 5) is 28.0. The van der Waals surface area contributed by atoms with Crippen LogP contribution in [0.3, 0.4) is 0 Å². The maximum Gasteiger partial charge on any atom is 0.240 e. The topological polar surface area (TPSA) is 77.1 Å². The zero-order chi connectivity index (χ0) is 24.3. The van der Waals surface area contributed by atoms with Crippen molar-refractivity contribution in [2.75, 3.05) is 38.3 Å². The van der Waals surface area contributed by atoms with Gasteiger partial charge in [-0.15, -0.1) is 0 Å². The molecule has 35 heavy (non-hydrogen) atoms. The molecule has 0 radical (unpaired) electrons. The quantitative estimate of drug-likeness (QED) is 0.455. The molecule has 2 amide bonds. The Balaban J connectivity index is 1.22. The number of rotatable bonds is 10. The van der Waals surface area contributed by atoms with Gasteiger partial charge >= 0.3 is 0 Å². The molecule has 1 heterocycles. The van der Waals surface area contributed by atoms with Crippen molar-refractivity contribution in [3.63, 3.8) is 0 Å². The smallest absolute Gasteiger partial charge is 0.240 e. The van der Waals surface area contributed by atoms with Crippen molar-refractivity contribution >= 4 is 17.5 Å². The number of methoxy groups -OCH3 is 1. The van der Waals surface area contributed by atoms with Crippen molar-refractivity contribution in [3.05, 3.63) is 84.4 Å². The van der Waals surface area contributed by atoms with Gasteiger partial charge in [0.2, 0.25) is 11.8 Å². The van der Waals surface area contributed by atoms with Gasteiger partial charge in [-0.2, -0.15) is 0 Å². The number of amides is 2. The Hall–Kier alpha value is -4.00. The molecule has 7 nitrogen and oxygen atoms in total. The lowest BCUT2D eigenvalue weighted by Crippen LogP contribution is -2.48. The van der Waals surface area contributed by atoms with Gasteiger partial charge in [0.1, 0.15) is 25.5 Å². The Morgan fingerprint density at radius 1 is 0.971 bits per heavy atom. The number of fused-ring (bicyclic) bond motifs is 3. The van der Waals surface area contributed by atoms with Gasteiger partial charge in [0.05, 0.1) is 19.1 Å². The van der Waals surface area contributed by atoms with Crippen LogP contribution in [0.15, 0.2) is 78.9 Å². The highest BCUT2D eigenvalue weighted by Crippen LogP contribution is 2.65. The molecule has 1 saturated carbocycles. The van der Waals surface area contributed by atoms with E-state index in [4.69, 9.17) is 14.2 Å². The predicted molar refractivity (Wildman–Crippen MR) is 132 cm³/mol. The standard InChI is InChI=1S/C28H28N2O5/c1-33-24-13-7-8-14-25(24)34-16-15-29-26(31)18-30-23-12-6-5-11-21(23)22-17-28(22,27(30)32)19-35-20-9-3-2-4-10-20/h2-14,22H,15-19H2,1H3,(H,29,31)/t22-,28+/m0/s1. The van der Waals surface area contributed by atoms with Crippen LogP contribution >= 0.6 is 0 Å². The summed E-state index contributed by atoms with van der Waals surface area (Å²) in [7, 11) is 1.58. The third-order valence-corrected chi connectivity index (χ3v) is 6.64. The van der Waals surface area contributed by atoms with Crippen molar-refractivity contribution in [3.8, 4) is 17.2 Å². The second-order valence-electron chi connectivity index (χ2n) is 8.81. The number of para-hydroxylation sites is 4. The number of nitrogens with zero attached hydrogens (tertiary/aromatic N) is 1.